The molecule has 0 bridgehead atoms. The largest absolute Gasteiger partial charge is 0.304 e. The first-order valence-electron chi connectivity index (χ1n) is 6.06. The molecule has 1 N–H and O–H groups in total. The van der Waals surface area contributed by atoms with Crippen LogP contribution < -0.4 is 5.32 Å². The van der Waals surface area contributed by atoms with Gasteiger partial charge in [-0.1, -0.05) is 26.7 Å². The highest BCUT2D eigenvalue weighted by Gasteiger charge is 2.08. The molecule has 1 unspecified atom stereocenters. The van der Waals surface area contributed by atoms with Crippen LogP contribution >= 0.6 is 0 Å². The van der Waals surface area contributed by atoms with Crippen molar-refractivity contribution in [2.75, 3.05) is 26.7 Å². The second kappa shape index (κ2) is 9.95. The minimum absolute atomic E-state index is 0.0171. The first-order valence-corrected chi connectivity index (χ1v) is 6.06. The van der Waals surface area contributed by atoms with Crippen molar-refractivity contribution >= 4 is 0 Å². The molecule has 0 heterocycles. The Balaban J connectivity index is 3.61. The first-order chi connectivity index (χ1) is 7.24. The van der Waals surface area contributed by atoms with Crippen molar-refractivity contribution in [2.45, 2.75) is 45.6 Å². The molecule has 3 heteroatoms. The van der Waals surface area contributed by atoms with Gasteiger partial charge in [0.1, 0.15) is 6.04 Å². The zero-order valence-electron chi connectivity index (χ0n) is 10.4. The number of unbranched alkanes of at least 4 members (excludes halogenated alkanes) is 2. The summed E-state index contributed by atoms with van der Waals surface area (Å²) in [7, 11) is 2.09. The lowest BCUT2D eigenvalue weighted by Crippen LogP contribution is -2.39. The molecule has 0 aliphatic carbocycles. The minimum atomic E-state index is -0.0171. The molecule has 0 amide bonds. The molecular formula is C12H25N3. The molecule has 88 valence electrons. The van der Waals surface area contributed by atoms with Gasteiger partial charge in [-0.25, -0.2) is 0 Å². The zero-order valence-corrected chi connectivity index (χ0v) is 10.4. The molecule has 3 nitrogen and oxygen atoms in total. The van der Waals surface area contributed by atoms with Crippen molar-refractivity contribution in [1.82, 2.24) is 10.2 Å². The molecule has 0 radical (unpaired) electrons. The van der Waals surface area contributed by atoms with Gasteiger partial charge in [-0.3, -0.25) is 0 Å². The van der Waals surface area contributed by atoms with Crippen LogP contribution in [0.15, 0.2) is 0 Å². The van der Waals surface area contributed by atoms with E-state index in [4.69, 9.17) is 5.26 Å². The van der Waals surface area contributed by atoms with Crippen LogP contribution in [0.5, 0.6) is 0 Å². The smallest absolute Gasteiger partial charge is 0.108 e. The van der Waals surface area contributed by atoms with Gasteiger partial charge >= 0.3 is 0 Å². The van der Waals surface area contributed by atoms with Crippen molar-refractivity contribution in [3.8, 4) is 6.07 Å². The average molecular weight is 211 g/mol. The topological polar surface area (TPSA) is 39.1 Å². The molecular weight excluding hydrogens is 186 g/mol. The lowest BCUT2D eigenvalue weighted by molar-refractivity contribution is 0.304. The Morgan fingerprint density at radius 1 is 1.27 bits per heavy atom. The molecule has 0 saturated heterocycles. The van der Waals surface area contributed by atoms with E-state index in [1.54, 1.807) is 0 Å². The number of nitrogens with one attached hydrogen (secondary N) is 1. The van der Waals surface area contributed by atoms with E-state index in [2.05, 4.69) is 37.2 Å². The highest BCUT2D eigenvalue weighted by atomic mass is 15.1. The molecule has 0 fully saturated rings. The van der Waals surface area contributed by atoms with Crippen molar-refractivity contribution in [1.29, 1.82) is 5.26 Å². The highest BCUT2D eigenvalue weighted by molar-refractivity contribution is 4.91. The molecule has 0 aromatic carbocycles. The zero-order chi connectivity index (χ0) is 11.5. The van der Waals surface area contributed by atoms with Crippen LogP contribution in [-0.4, -0.2) is 37.6 Å². The van der Waals surface area contributed by atoms with Crippen molar-refractivity contribution < 1.29 is 0 Å². The Bertz CT molecular complexity index is 174. The summed E-state index contributed by atoms with van der Waals surface area (Å²) < 4.78 is 0. The third-order valence-electron chi connectivity index (χ3n) is 2.43. The Morgan fingerprint density at radius 2 is 2.00 bits per heavy atom. The molecule has 0 aromatic rings. The summed E-state index contributed by atoms with van der Waals surface area (Å²) in [6.07, 6.45) is 4.85. The lowest BCUT2D eigenvalue weighted by atomic mass is 10.2. The van der Waals surface area contributed by atoms with Gasteiger partial charge < -0.3 is 10.2 Å². The van der Waals surface area contributed by atoms with Crippen LogP contribution in [0, 0.1) is 11.3 Å². The number of hydrogen-bond acceptors (Lipinski definition) is 3. The van der Waals surface area contributed by atoms with Crippen molar-refractivity contribution in [2.24, 2.45) is 0 Å². The normalized spacial score (nSPS) is 12.7. The van der Waals surface area contributed by atoms with Gasteiger partial charge in [0.2, 0.25) is 0 Å². The summed E-state index contributed by atoms with van der Waals surface area (Å²) in [5, 5.41) is 12.2. The summed E-state index contributed by atoms with van der Waals surface area (Å²) >= 11 is 0. The van der Waals surface area contributed by atoms with E-state index >= 15 is 0 Å². The maximum absolute atomic E-state index is 8.93. The third kappa shape index (κ3) is 8.41. The fraction of sp³-hybridized carbons (Fsp3) is 0.917. The SMILES string of the molecule is CCCCCN(C)CC(C#N)NCCC. The quantitative estimate of drug-likeness (QED) is 0.593. The van der Waals surface area contributed by atoms with Gasteiger partial charge in [0, 0.05) is 6.54 Å². The van der Waals surface area contributed by atoms with E-state index in [1.807, 2.05) is 0 Å². The Kier molecular flexibility index (Phi) is 9.55. The molecule has 0 aliphatic heterocycles. The second-order valence-electron chi connectivity index (χ2n) is 4.11. The number of nitrogens with zero attached hydrogens (tertiary/aromatic N) is 2. The van der Waals surface area contributed by atoms with E-state index in [1.165, 1.54) is 19.3 Å². The molecule has 0 rings (SSSR count). The van der Waals surface area contributed by atoms with Crippen LogP contribution in [0.2, 0.25) is 0 Å². The number of hydrogen-bond donors (Lipinski definition) is 1. The van der Waals surface area contributed by atoms with Crippen LogP contribution in [0.4, 0.5) is 0 Å². The van der Waals surface area contributed by atoms with E-state index in [9.17, 15) is 0 Å². The summed E-state index contributed by atoms with van der Waals surface area (Å²) in [4.78, 5) is 2.24. The highest BCUT2D eigenvalue weighted by Crippen LogP contribution is 1.97. The maximum Gasteiger partial charge on any atom is 0.108 e. The molecule has 0 aromatic heterocycles. The van der Waals surface area contributed by atoms with Crippen LogP contribution in [-0.2, 0) is 0 Å². The van der Waals surface area contributed by atoms with Gasteiger partial charge in [0.25, 0.3) is 0 Å². The minimum Gasteiger partial charge on any atom is -0.304 e. The standard InChI is InChI=1S/C12H25N3/c1-4-6-7-9-15(3)11-12(10-13)14-8-5-2/h12,14H,4-9,11H2,1-3H3. The number of likely N-dealkylation sites (N-methyl/N-ethyl adjacent to an activating group) is 1. The van der Waals surface area contributed by atoms with Gasteiger partial charge in [-0.15, -0.1) is 0 Å². The lowest BCUT2D eigenvalue weighted by Gasteiger charge is -2.20. The van der Waals surface area contributed by atoms with Gasteiger partial charge in [-0.05, 0) is 33.0 Å². The Morgan fingerprint density at radius 3 is 2.53 bits per heavy atom. The van der Waals surface area contributed by atoms with E-state index < -0.39 is 0 Å². The van der Waals surface area contributed by atoms with Gasteiger partial charge in [0.15, 0.2) is 0 Å². The molecule has 15 heavy (non-hydrogen) atoms. The predicted octanol–water partition coefficient (Wildman–Crippen LogP) is 2.00. The first kappa shape index (κ1) is 14.4. The van der Waals surface area contributed by atoms with E-state index in [0.717, 1.165) is 26.1 Å². The predicted molar refractivity (Wildman–Crippen MR) is 64.7 cm³/mol. The van der Waals surface area contributed by atoms with Crippen LogP contribution in [0.25, 0.3) is 0 Å². The molecule has 1 atom stereocenters. The fourth-order valence-corrected chi connectivity index (χ4v) is 1.50. The van der Waals surface area contributed by atoms with Crippen LogP contribution in [0.1, 0.15) is 39.5 Å². The Labute approximate surface area is 94.5 Å². The third-order valence-corrected chi connectivity index (χ3v) is 2.43. The second-order valence-corrected chi connectivity index (χ2v) is 4.11. The van der Waals surface area contributed by atoms with Crippen molar-refractivity contribution in [3.63, 3.8) is 0 Å². The summed E-state index contributed by atoms with van der Waals surface area (Å²) in [5.74, 6) is 0. The fourth-order valence-electron chi connectivity index (χ4n) is 1.50. The maximum atomic E-state index is 8.93. The summed E-state index contributed by atoms with van der Waals surface area (Å²) in [5.41, 5.74) is 0. The van der Waals surface area contributed by atoms with Crippen LogP contribution in [0.3, 0.4) is 0 Å². The summed E-state index contributed by atoms with van der Waals surface area (Å²) in [6.45, 7) is 7.19. The average Bonchev–Trinajstić information content (AvgIpc) is 2.24. The molecule has 0 spiro atoms. The van der Waals surface area contributed by atoms with Gasteiger partial charge in [0.05, 0.1) is 6.07 Å². The van der Waals surface area contributed by atoms with Gasteiger partial charge in [-0.2, -0.15) is 5.26 Å². The summed E-state index contributed by atoms with van der Waals surface area (Å²) in [6, 6.07) is 2.29. The molecule has 0 saturated carbocycles. The van der Waals surface area contributed by atoms with Crippen molar-refractivity contribution in [3.05, 3.63) is 0 Å². The number of rotatable bonds is 9. The van der Waals surface area contributed by atoms with E-state index in [0.29, 0.717) is 0 Å². The number of nitriles is 1. The molecule has 0 aliphatic rings. The van der Waals surface area contributed by atoms with E-state index in [-0.39, 0.29) is 6.04 Å². The Hall–Kier alpha value is -0.590. The monoisotopic (exact) mass is 211 g/mol.